The fraction of sp³-hybridized carbons (Fsp3) is 0.211. The van der Waals surface area contributed by atoms with Gasteiger partial charge in [0.25, 0.3) is 10.0 Å². The number of fused-ring (bicyclic) bond motifs is 3. The van der Waals surface area contributed by atoms with E-state index in [1.54, 1.807) is 24.3 Å². The predicted molar refractivity (Wildman–Crippen MR) is 101 cm³/mol. The van der Waals surface area contributed by atoms with Crippen molar-refractivity contribution in [3.8, 4) is 0 Å². The summed E-state index contributed by atoms with van der Waals surface area (Å²) in [6.07, 6.45) is -4.94. The number of halogens is 4. The predicted octanol–water partition coefficient (Wildman–Crippen LogP) is 3.98. The van der Waals surface area contributed by atoms with Crippen LogP contribution in [0.25, 0.3) is 10.9 Å². The Morgan fingerprint density at radius 3 is 2.41 bits per heavy atom. The van der Waals surface area contributed by atoms with Crippen LogP contribution in [0.2, 0.25) is 5.02 Å². The second-order valence-corrected chi connectivity index (χ2v) is 8.87. The first-order valence-corrected chi connectivity index (χ1v) is 10.4. The van der Waals surface area contributed by atoms with Gasteiger partial charge in [0, 0.05) is 17.0 Å². The van der Waals surface area contributed by atoms with Crippen molar-refractivity contribution in [3.05, 3.63) is 64.8 Å². The standard InChI is InChI=1S/C19H14ClF3N2O3S/c20-12-6-7-16-15(10-12)14-8-9-24(18(26)19(21,22)23)11-17(14)25(16)29(27,28)13-4-2-1-3-5-13/h1-7,10H,8-9,11H2. The molecule has 1 aromatic heterocycles. The number of nitrogens with zero attached hydrogens (tertiary/aromatic N) is 2. The van der Waals surface area contributed by atoms with Crippen molar-refractivity contribution in [2.24, 2.45) is 0 Å². The molecule has 29 heavy (non-hydrogen) atoms. The molecule has 3 aromatic rings. The molecule has 0 spiro atoms. The van der Waals surface area contributed by atoms with Gasteiger partial charge in [0.2, 0.25) is 0 Å². The first-order chi connectivity index (χ1) is 13.6. The van der Waals surface area contributed by atoms with E-state index in [0.29, 0.717) is 26.4 Å². The van der Waals surface area contributed by atoms with Crippen molar-refractivity contribution < 1.29 is 26.4 Å². The number of hydrogen-bond acceptors (Lipinski definition) is 3. The number of rotatable bonds is 2. The number of hydrogen-bond donors (Lipinski definition) is 0. The summed E-state index contributed by atoms with van der Waals surface area (Å²) in [5.74, 6) is -1.99. The Bertz CT molecular complexity index is 1220. The number of benzene rings is 2. The maximum atomic E-state index is 13.3. The molecule has 1 amide bonds. The van der Waals surface area contributed by atoms with Crippen molar-refractivity contribution in [3.63, 3.8) is 0 Å². The first kappa shape index (κ1) is 19.8. The molecule has 0 unspecified atom stereocenters. The Balaban J connectivity index is 1.95. The van der Waals surface area contributed by atoms with Crippen LogP contribution in [0.5, 0.6) is 0 Å². The molecule has 1 aliphatic heterocycles. The third-order valence-corrected chi connectivity index (χ3v) is 6.88. The van der Waals surface area contributed by atoms with Crippen molar-refractivity contribution in [2.75, 3.05) is 6.54 Å². The van der Waals surface area contributed by atoms with Gasteiger partial charge in [0.1, 0.15) is 0 Å². The van der Waals surface area contributed by atoms with Crippen molar-refractivity contribution in [1.82, 2.24) is 8.87 Å². The number of amides is 1. The minimum Gasteiger partial charge on any atom is -0.329 e. The lowest BCUT2D eigenvalue weighted by atomic mass is 10.0. The quantitative estimate of drug-likeness (QED) is 0.603. The van der Waals surface area contributed by atoms with E-state index in [1.807, 2.05) is 0 Å². The molecule has 2 heterocycles. The Morgan fingerprint density at radius 1 is 1.07 bits per heavy atom. The third-order valence-electron chi connectivity index (χ3n) is 4.88. The van der Waals surface area contributed by atoms with Gasteiger partial charge in [0.05, 0.1) is 22.7 Å². The van der Waals surface area contributed by atoms with E-state index in [1.165, 1.54) is 24.3 Å². The summed E-state index contributed by atoms with van der Waals surface area (Å²) < 4.78 is 66.5. The second kappa shape index (κ2) is 6.77. The molecule has 152 valence electrons. The van der Waals surface area contributed by atoms with Gasteiger partial charge in [-0.25, -0.2) is 12.4 Å². The van der Waals surface area contributed by atoms with E-state index in [9.17, 15) is 26.4 Å². The Hall–Kier alpha value is -2.52. The van der Waals surface area contributed by atoms with Gasteiger partial charge >= 0.3 is 12.1 Å². The summed E-state index contributed by atoms with van der Waals surface area (Å²) in [6, 6.07) is 12.2. The summed E-state index contributed by atoms with van der Waals surface area (Å²) in [5.41, 5.74) is 1.02. The van der Waals surface area contributed by atoms with Crippen LogP contribution in [0.1, 0.15) is 11.3 Å². The van der Waals surface area contributed by atoms with Crippen LogP contribution in [-0.2, 0) is 27.8 Å². The highest BCUT2D eigenvalue weighted by Crippen LogP contribution is 2.36. The Labute approximate surface area is 169 Å². The third kappa shape index (κ3) is 3.28. The minimum atomic E-state index is -5.03. The lowest BCUT2D eigenvalue weighted by molar-refractivity contribution is -0.186. The monoisotopic (exact) mass is 442 g/mol. The smallest absolute Gasteiger partial charge is 0.329 e. The molecule has 0 aliphatic carbocycles. The SMILES string of the molecule is O=C(N1CCc2c(n(S(=O)(=O)c3ccccc3)c3ccc(Cl)cc23)C1)C(F)(F)F. The molecule has 0 saturated heterocycles. The zero-order chi connectivity index (χ0) is 21.0. The summed E-state index contributed by atoms with van der Waals surface area (Å²) in [5, 5.41) is 0.925. The van der Waals surface area contributed by atoms with Crippen LogP contribution in [-0.4, -0.2) is 35.9 Å². The van der Waals surface area contributed by atoms with Gasteiger partial charge in [-0.05, 0) is 42.3 Å². The summed E-state index contributed by atoms with van der Waals surface area (Å²) >= 11 is 6.07. The fourth-order valence-electron chi connectivity index (χ4n) is 3.62. The first-order valence-electron chi connectivity index (χ1n) is 8.59. The summed E-state index contributed by atoms with van der Waals surface area (Å²) in [7, 11) is -4.11. The highest BCUT2D eigenvalue weighted by Gasteiger charge is 2.44. The molecule has 0 N–H and O–H groups in total. The van der Waals surface area contributed by atoms with Gasteiger partial charge < -0.3 is 4.90 Å². The molecule has 0 bridgehead atoms. The van der Waals surface area contributed by atoms with Crippen molar-refractivity contribution in [2.45, 2.75) is 24.0 Å². The van der Waals surface area contributed by atoms with E-state index in [2.05, 4.69) is 0 Å². The molecule has 5 nitrogen and oxygen atoms in total. The molecular weight excluding hydrogens is 429 g/mol. The van der Waals surface area contributed by atoms with Gasteiger partial charge in [-0.3, -0.25) is 4.79 Å². The van der Waals surface area contributed by atoms with E-state index < -0.39 is 28.7 Å². The molecular formula is C19H14ClF3N2O3S. The van der Waals surface area contributed by atoms with Crippen LogP contribution < -0.4 is 0 Å². The minimum absolute atomic E-state index is 0.00563. The van der Waals surface area contributed by atoms with Crippen LogP contribution in [0.4, 0.5) is 13.2 Å². The van der Waals surface area contributed by atoms with E-state index in [-0.39, 0.29) is 23.6 Å². The van der Waals surface area contributed by atoms with Crippen LogP contribution in [0.3, 0.4) is 0 Å². The largest absolute Gasteiger partial charge is 0.471 e. The van der Waals surface area contributed by atoms with Crippen LogP contribution in [0, 0.1) is 0 Å². The molecule has 0 atom stereocenters. The fourth-order valence-corrected chi connectivity index (χ4v) is 5.38. The van der Waals surface area contributed by atoms with Crippen LogP contribution in [0.15, 0.2) is 53.4 Å². The lowest BCUT2D eigenvalue weighted by Crippen LogP contribution is -2.44. The zero-order valence-electron chi connectivity index (χ0n) is 14.8. The van der Waals surface area contributed by atoms with Gasteiger partial charge in [-0.2, -0.15) is 13.2 Å². The van der Waals surface area contributed by atoms with Crippen molar-refractivity contribution >= 4 is 38.4 Å². The van der Waals surface area contributed by atoms with Gasteiger partial charge in [0.15, 0.2) is 0 Å². The number of aromatic nitrogens is 1. The molecule has 4 rings (SSSR count). The van der Waals surface area contributed by atoms with E-state index >= 15 is 0 Å². The van der Waals surface area contributed by atoms with E-state index in [0.717, 1.165) is 3.97 Å². The topological polar surface area (TPSA) is 59.4 Å². The highest BCUT2D eigenvalue weighted by atomic mass is 35.5. The Kier molecular flexibility index (Phi) is 4.62. The number of carbonyl (C=O) groups is 1. The molecule has 0 fully saturated rings. The molecule has 0 saturated carbocycles. The second-order valence-electron chi connectivity index (χ2n) is 6.64. The summed E-state index contributed by atoms with van der Waals surface area (Å²) in [6.45, 7) is -0.631. The maximum Gasteiger partial charge on any atom is 0.471 e. The normalized spacial score (nSPS) is 14.8. The molecule has 2 aromatic carbocycles. The number of carbonyl (C=O) groups excluding carboxylic acids is 1. The zero-order valence-corrected chi connectivity index (χ0v) is 16.4. The van der Waals surface area contributed by atoms with E-state index in [4.69, 9.17) is 11.6 Å². The van der Waals surface area contributed by atoms with Crippen LogP contribution >= 0.6 is 11.6 Å². The summed E-state index contributed by atoms with van der Waals surface area (Å²) in [4.78, 5) is 12.4. The molecule has 0 radical (unpaired) electrons. The average molecular weight is 443 g/mol. The lowest BCUT2D eigenvalue weighted by Gasteiger charge is -2.29. The molecule has 1 aliphatic rings. The Morgan fingerprint density at radius 2 is 1.76 bits per heavy atom. The number of alkyl halides is 3. The average Bonchev–Trinajstić information content (AvgIpc) is 3.00. The molecule has 10 heteroatoms. The maximum absolute atomic E-state index is 13.3. The van der Waals surface area contributed by atoms with Crippen molar-refractivity contribution in [1.29, 1.82) is 0 Å². The van der Waals surface area contributed by atoms with Gasteiger partial charge in [-0.1, -0.05) is 29.8 Å². The highest BCUT2D eigenvalue weighted by molar-refractivity contribution is 7.90. The van der Waals surface area contributed by atoms with Gasteiger partial charge in [-0.15, -0.1) is 0 Å².